The van der Waals surface area contributed by atoms with E-state index in [4.69, 9.17) is 5.26 Å². The molecule has 1 aromatic carbocycles. The van der Waals surface area contributed by atoms with Crippen molar-refractivity contribution in [2.75, 3.05) is 27.2 Å². The molecular formula is C22H28BrN5O2. The van der Waals surface area contributed by atoms with Crippen LogP contribution in [0.5, 0.6) is 0 Å². The Kier molecular flexibility index (Phi) is 7.51. The number of carbonyl (C=O) groups excluding carboxylic acids is 2. The maximum Gasteiger partial charge on any atom is 0.268 e. The van der Waals surface area contributed by atoms with Crippen molar-refractivity contribution in [3.8, 4) is 6.07 Å². The Balaban J connectivity index is 1.86. The van der Waals surface area contributed by atoms with Crippen molar-refractivity contribution in [1.29, 1.82) is 5.26 Å². The number of nitriles is 1. The van der Waals surface area contributed by atoms with Gasteiger partial charge in [0.15, 0.2) is 0 Å². The summed E-state index contributed by atoms with van der Waals surface area (Å²) >= 11 is 3.62. The minimum absolute atomic E-state index is 0.0111. The van der Waals surface area contributed by atoms with Crippen molar-refractivity contribution in [1.82, 2.24) is 20.1 Å². The third-order valence-corrected chi connectivity index (χ3v) is 6.28. The molecule has 3 rings (SSSR count). The number of halogens is 1. The lowest BCUT2D eigenvalue weighted by Gasteiger charge is -2.31. The molecule has 2 aromatic rings. The van der Waals surface area contributed by atoms with Crippen LogP contribution in [0.25, 0.3) is 10.9 Å². The second-order valence-electron chi connectivity index (χ2n) is 8.01. The van der Waals surface area contributed by atoms with E-state index in [0.29, 0.717) is 12.2 Å². The van der Waals surface area contributed by atoms with Gasteiger partial charge in [-0.15, -0.1) is 0 Å². The van der Waals surface area contributed by atoms with Gasteiger partial charge < -0.3 is 20.1 Å². The fourth-order valence-electron chi connectivity index (χ4n) is 4.12. The van der Waals surface area contributed by atoms with Crippen LogP contribution in [0.2, 0.25) is 0 Å². The Morgan fingerprint density at radius 2 is 2.07 bits per heavy atom. The summed E-state index contributed by atoms with van der Waals surface area (Å²) in [5.41, 5.74) is 1.59. The van der Waals surface area contributed by atoms with Gasteiger partial charge in [-0.3, -0.25) is 9.59 Å². The third-order valence-electron chi connectivity index (χ3n) is 5.64. The van der Waals surface area contributed by atoms with Crippen molar-refractivity contribution < 1.29 is 9.59 Å². The Labute approximate surface area is 185 Å². The zero-order valence-corrected chi connectivity index (χ0v) is 19.0. The van der Waals surface area contributed by atoms with Gasteiger partial charge in [-0.25, -0.2) is 0 Å². The minimum atomic E-state index is -0.303. The molecule has 1 aromatic heterocycles. The fourth-order valence-corrected chi connectivity index (χ4v) is 4.71. The van der Waals surface area contributed by atoms with E-state index in [9.17, 15) is 9.59 Å². The van der Waals surface area contributed by atoms with Gasteiger partial charge in [-0.1, -0.05) is 25.0 Å². The molecule has 2 amide bonds. The highest BCUT2D eigenvalue weighted by Crippen LogP contribution is 2.29. The summed E-state index contributed by atoms with van der Waals surface area (Å²) in [6, 6.07) is 9.57. The van der Waals surface area contributed by atoms with Gasteiger partial charge in [-0.2, -0.15) is 5.26 Å². The van der Waals surface area contributed by atoms with E-state index in [1.54, 1.807) is 0 Å². The van der Waals surface area contributed by atoms with E-state index in [1.165, 1.54) is 0 Å². The maximum absolute atomic E-state index is 13.3. The first kappa shape index (κ1) is 22.3. The van der Waals surface area contributed by atoms with E-state index < -0.39 is 0 Å². The number of hydrogen-bond donors (Lipinski definition) is 2. The lowest BCUT2D eigenvalue weighted by molar-refractivity contribution is -0.126. The number of benzene rings is 1. The average molecular weight is 474 g/mol. The monoisotopic (exact) mass is 473 g/mol. The lowest BCUT2D eigenvalue weighted by atomic mass is 9.83. The standard InChI is InChI=1S/C22H28BrN5O2/c1-27(2)12-13-28-19(14-15-6-5-8-17(23)20(15)28)22(30)26-18-9-4-3-7-16(18)21(29)25-11-10-24/h5-6,8,14,16,18H,3-4,7,9,11-13H2,1-2H3,(H,25,29)(H,26,30)/t16-,18+/m1/s1. The van der Waals surface area contributed by atoms with Gasteiger partial charge in [0.1, 0.15) is 12.2 Å². The number of rotatable bonds is 7. The van der Waals surface area contributed by atoms with Crippen molar-refractivity contribution >= 4 is 38.6 Å². The predicted octanol–water partition coefficient (Wildman–Crippen LogP) is 2.89. The zero-order chi connectivity index (χ0) is 21.7. The topological polar surface area (TPSA) is 90.2 Å². The number of aromatic nitrogens is 1. The number of nitrogens with zero attached hydrogens (tertiary/aromatic N) is 3. The smallest absolute Gasteiger partial charge is 0.268 e. The van der Waals surface area contributed by atoms with Crippen LogP contribution in [0.3, 0.4) is 0 Å². The number of fused-ring (bicyclic) bond motifs is 1. The molecule has 2 atom stereocenters. The second-order valence-corrected chi connectivity index (χ2v) is 8.86. The number of amides is 2. The van der Waals surface area contributed by atoms with E-state index in [-0.39, 0.29) is 30.3 Å². The number of nitrogens with one attached hydrogen (secondary N) is 2. The fraction of sp³-hybridized carbons (Fsp3) is 0.500. The summed E-state index contributed by atoms with van der Waals surface area (Å²) in [5, 5.41) is 15.5. The summed E-state index contributed by atoms with van der Waals surface area (Å²) in [6.45, 7) is 1.47. The van der Waals surface area contributed by atoms with Crippen molar-refractivity contribution in [3.63, 3.8) is 0 Å². The molecule has 30 heavy (non-hydrogen) atoms. The predicted molar refractivity (Wildman–Crippen MR) is 120 cm³/mol. The second kappa shape index (κ2) is 10.1. The van der Waals surface area contributed by atoms with Gasteiger partial charge >= 0.3 is 0 Å². The van der Waals surface area contributed by atoms with E-state index >= 15 is 0 Å². The van der Waals surface area contributed by atoms with Gasteiger partial charge in [0.25, 0.3) is 5.91 Å². The number of carbonyl (C=O) groups is 2. The quantitative estimate of drug-likeness (QED) is 0.604. The summed E-state index contributed by atoms with van der Waals surface area (Å²) in [4.78, 5) is 27.9. The molecule has 0 aliphatic heterocycles. The third kappa shape index (κ3) is 5.02. The molecule has 7 nitrogen and oxygen atoms in total. The van der Waals surface area contributed by atoms with E-state index in [0.717, 1.165) is 47.6 Å². The van der Waals surface area contributed by atoms with Crippen LogP contribution >= 0.6 is 15.9 Å². The molecule has 1 aliphatic carbocycles. The molecule has 1 heterocycles. The van der Waals surface area contributed by atoms with Gasteiger partial charge in [0.05, 0.1) is 17.5 Å². The van der Waals surface area contributed by atoms with Crippen molar-refractivity contribution in [2.45, 2.75) is 38.3 Å². The molecule has 0 saturated heterocycles. The summed E-state index contributed by atoms with van der Waals surface area (Å²) < 4.78 is 2.99. The van der Waals surface area contributed by atoms with Crippen LogP contribution in [0.1, 0.15) is 36.2 Å². The average Bonchev–Trinajstić information content (AvgIpc) is 3.11. The molecule has 1 saturated carbocycles. The molecule has 1 fully saturated rings. The highest BCUT2D eigenvalue weighted by Gasteiger charge is 2.32. The Morgan fingerprint density at radius 3 is 2.80 bits per heavy atom. The number of likely N-dealkylation sites (N-methyl/N-ethyl adjacent to an activating group) is 1. The van der Waals surface area contributed by atoms with Crippen LogP contribution in [0, 0.1) is 17.2 Å². The first-order valence-corrected chi connectivity index (χ1v) is 11.1. The molecule has 0 radical (unpaired) electrons. The molecule has 0 bridgehead atoms. The van der Waals surface area contributed by atoms with Gasteiger partial charge in [0, 0.05) is 29.0 Å². The molecule has 1 aliphatic rings. The lowest BCUT2D eigenvalue weighted by Crippen LogP contribution is -2.48. The minimum Gasteiger partial charge on any atom is -0.347 e. The van der Waals surface area contributed by atoms with Crippen LogP contribution in [-0.4, -0.2) is 54.5 Å². The van der Waals surface area contributed by atoms with Gasteiger partial charge in [0.2, 0.25) is 5.91 Å². The highest BCUT2D eigenvalue weighted by atomic mass is 79.9. The summed E-state index contributed by atoms with van der Waals surface area (Å²) in [7, 11) is 4.01. The Bertz CT molecular complexity index is 962. The molecule has 8 heteroatoms. The van der Waals surface area contributed by atoms with Gasteiger partial charge in [-0.05, 0) is 55.0 Å². The summed E-state index contributed by atoms with van der Waals surface area (Å²) in [6.07, 6.45) is 3.41. The molecule has 2 N–H and O–H groups in total. The van der Waals surface area contributed by atoms with Crippen LogP contribution < -0.4 is 10.6 Å². The van der Waals surface area contributed by atoms with Crippen molar-refractivity contribution in [3.05, 3.63) is 34.4 Å². The van der Waals surface area contributed by atoms with Crippen LogP contribution in [0.4, 0.5) is 0 Å². The normalized spacial score (nSPS) is 18.9. The molecule has 160 valence electrons. The highest BCUT2D eigenvalue weighted by molar-refractivity contribution is 9.10. The first-order valence-electron chi connectivity index (χ1n) is 10.3. The summed E-state index contributed by atoms with van der Waals surface area (Å²) in [5.74, 6) is -0.623. The number of para-hydroxylation sites is 1. The number of hydrogen-bond acceptors (Lipinski definition) is 4. The van der Waals surface area contributed by atoms with E-state index in [2.05, 4.69) is 31.5 Å². The first-order chi connectivity index (χ1) is 14.4. The Morgan fingerprint density at radius 1 is 1.30 bits per heavy atom. The molecular weight excluding hydrogens is 446 g/mol. The zero-order valence-electron chi connectivity index (χ0n) is 17.4. The largest absolute Gasteiger partial charge is 0.347 e. The molecule has 0 unspecified atom stereocenters. The molecule has 0 spiro atoms. The SMILES string of the molecule is CN(C)CCn1c(C(=O)N[C@H]2CCCC[C@H]2C(=O)NCC#N)cc2cccc(Br)c21. The maximum atomic E-state index is 13.3. The Hall–Kier alpha value is -2.37. The van der Waals surface area contributed by atoms with Crippen LogP contribution in [-0.2, 0) is 11.3 Å². The van der Waals surface area contributed by atoms with Crippen LogP contribution in [0.15, 0.2) is 28.7 Å². The van der Waals surface area contributed by atoms with E-state index in [1.807, 2.05) is 49.0 Å². The van der Waals surface area contributed by atoms with Crippen molar-refractivity contribution in [2.24, 2.45) is 5.92 Å².